The van der Waals surface area contributed by atoms with Gasteiger partial charge in [-0.25, -0.2) is 0 Å². The highest BCUT2D eigenvalue weighted by Gasteiger charge is 1.99. The van der Waals surface area contributed by atoms with Gasteiger partial charge in [-0.3, -0.25) is 0 Å². The first-order valence-electron chi connectivity index (χ1n) is 2.71. The van der Waals surface area contributed by atoms with E-state index in [9.17, 15) is 0 Å². The topological polar surface area (TPSA) is 32.3 Å². The molecule has 0 aliphatic carbocycles. The van der Waals surface area contributed by atoms with Gasteiger partial charge in [0, 0.05) is 11.0 Å². The zero-order valence-electron chi connectivity index (χ0n) is 4.89. The summed E-state index contributed by atoms with van der Waals surface area (Å²) in [6.45, 7) is 0.553. The van der Waals surface area contributed by atoms with Crippen molar-refractivity contribution in [2.45, 2.75) is 0 Å². The SMILES string of the molecule is OC1=CC=C(CBr)NC1. The zero-order valence-corrected chi connectivity index (χ0v) is 6.48. The van der Waals surface area contributed by atoms with Crippen LogP contribution in [0.4, 0.5) is 0 Å². The van der Waals surface area contributed by atoms with Crippen LogP contribution in [0, 0.1) is 0 Å². The number of alkyl halides is 1. The van der Waals surface area contributed by atoms with Gasteiger partial charge in [-0.1, -0.05) is 15.9 Å². The molecule has 2 N–H and O–H groups in total. The van der Waals surface area contributed by atoms with Gasteiger partial charge in [0.15, 0.2) is 0 Å². The fourth-order valence-electron chi connectivity index (χ4n) is 0.611. The van der Waals surface area contributed by atoms with Gasteiger partial charge < -0.3 is 10.4 Å². The number of hydrogen-bond acceptors (Lipinski definition) is 2. The lowest BCUT2D eigenvalue weighted by Crippen LogP contribution is -2.20. The van der Waals surface area contributed by atoms with Gasteiger partial charge in [0.1, 0.15) is 5.76 Å². The average Bonchev–Trinajstić information content (AvgIpc) is 1.90. The maximum atomic E-state index is 8.86. The Hall–Kier alpha value is -0.440. The molecule has 0 atom stereocenters. The van der Waals surface area contributed by atoms with Crippen LogP contribution in [0.25, 0.3) is 0 Å². The van der Waals surface area contributed by atoms with E-state index in [0.29, 0.717) is 12.3 Å². The Balaban J connectivity index is 2.59. The highest BCUT2D eigenvalue weighted by Crippen LogP contribution is 2.02. The van der Waals surface area contributed by atoms with Crippen molar-refractivity contribution >= 4 is 15.9 Å². The first-order valence-corrected chi connectivity index (χ1v) is 3.83. The third-order valence-corrected chi connectivity index (χ3v) is 1.72. The second-order valence-electron chi connectivity index (χ2n) is 1.84. The van der Waals surface area contributed by atoms with E-state index in [1.54, 1.807) is 6.08 Å². The summed E-state index contributed by atoms with van der Waals surface area (Å²) in [5.41, 5.74) is 1.10. The monoisotopic (exact) mass is 189 g/mol. The van der Waals surface area contributed by atoms with E-state index < -0.39 is 0 Å². The highest BCUT2D eigenvalue weighted by molar-refractivity contribution is 9.09. The molecule has 1 aliphatic rings. The molecule has 2 nitrogen and oxygen atoms in total. The molecule has 0 aromatic rings. The number of rotatable bonds is 1. The molecular weight excluding hydrogens is 182 g/mol. The van der Waals surface area contributed by atoms with Crippen LogP contribution in [0.3, 0.4) is 0 Å². The summed E-state index contributed by atoms with van der Waals surface area (Å²) >= 11 is 3.29. The summed E-state index contributed by atoms with van der Waals surface area (Å²) in [6.07, 6.45) is 3.56. The molecule has 0 fully saturated rings. The highest BCUT2D eigenvalue weighted by atomic mass is 79.9. The van der Waals surface area contributed by atoms with Crippen molar-refractivity contribution < 1.29 is 5.11 Å². The minimum absolute atomic E-state index is 0.389. The van der Waals surface area contributed by atoms with Gasteiger partial charge in [-0.2, -0.15) is 0 Å². The first kappa shape index (κ1) is 6.68. The Morgan fingerprint density at radius 2 is 2.44 bits per heavy atom. The Bertz CT molecular complexity index is 162. The number of dihydropyridines is 1. The first-order chi connectivity index (χ1) is 4.33. The lowest BCUT2D eigenvalue weighted by Gasteiger charge is -2.10. The minimum Gasteiger partial charge on any atom is -0.510 e. The Kier molecular flexibility index (Phi) is 2.16. The molecule has 3 heteroatoms. The van der Waals surface area contributed by atoms with E-state index >= 15 is 0 Å². The fourth-order valence-corrected chi connectivity index (χ4v) is 0.996. The van der Waals surface area contributed by atoms with E-state index in [2.05, 4.69) is 21.2 Å². The normalized spacial score (nSPS) is 17.9. The van der Waals surface area contributed by atoms with E-state index in [1.807, 2.05) is 6.08 Å². The lowest BCUT2D eigenvalue weighted by atomic mass is 10.3. The van der Waals surface area contributed by atoms with E-state index in [0.717, 1.165) is 11.0 Å². The molecule has 0 spiro atoms. The number of halogens is 1. The van der Waals surface area contributed by atoms with Crippen LogP contribution in [0.5, 0.6) is 0 Å². The van der Waals surface area contributed by atoms with Crippen LogP contribution < -0.4 is 5.32 Å². The molecule has 0 aromatic carbocycles. The van der Waals surface area contributed by atoms with Crippen LogP contribution in [-0.4, -0.2) is 17.0 Å². The van der Waals surface area contributed by atoms with Gasteiger partial charge in [0.25, 0.3) is 0 Å². The molecule has 0 unspecified atom stereocenters. The minimum atomic E-state index is 0.389. The predicted molar refractivity (Wildman–Crippen MR) is 40.6 cm³/mol. The van der Waals surface area contributed by atoms with Crippen molar-refractivity contribution in [1.29, 1.82) is 0 Å². The largest absolute Gasteiger partial charge is 0.510 e. The van der Waals surface area contributed by atoms with Gasteiger partial charge in [0.2, 0.25) is 0 Å². The molecule has 0 saturated carbocycles. The van der Waals surface area contributed by atoms with Crippen LogP contribution >= 0.6 is 15.9 Å². The summed E-state index contributed by atoms with van der Waals surface area (Å²) in [5, 5.41) is 12.7. The maximum absolute atomic E-state index is 8.86. The van der Waals surface area contributed by atoms with Gasteiger partial charge in [0.05, 0.1) is 6.54 Å². The number of hydrogen-bond donors (Lipinski definition) is 2. The molecule has 0 aromatic heterocycles. The van der Waals surface area contributed by atoms with Crippen molar-refractivity contribution in [2.75, 3.05) is 11.9 Å². The van der Waals surface area contributed by atoms with Crippen molar-refractivity contribution in [3.8, 4) is 0 Å². The summed E-state index contributed by atoms with van der Waals surface area (Å²) in [6, 6.07) is 0. The third-order valence-electron chi connectivity index (χ3n) is 1.12. The average molecular weight is 190 g/mol. The van der Waals surface area contributed by atoms with Crippen molar-refractivity contribution in [3.05, 3.63) is 23.6 Å². The predicted octanol–water partition coefficient (Wildman–Crippen LogP) is 1.31. The van der Waals surface area contributed by atoms with Crippen molar-refractivity contribution in [2.24, 2.45) is 0 Å². The molecule has 9 heavy (non-hydrogen) atoms. The van der Waals surface area contributed by atoms with Crippen molar-refractivity contribution in [1.82, 2.24) is 5.32 Å². The number of aliphatic hydroxyl groups is 1. The summed E-state index contributed by atoms with van der Waals surface area (Å²) in [5.74, 6) is 0.389. The van der Waals surface area contributed by atoms with Crippen LogP contribution in [0.1, 0.15) is 0 Å². The molecule has 1 rings (SSSR count). The van der Waals surface area contributed by atoms with E-state index in [-0.39, 0.29) is 0 Å². The lowest BCUT2D eigenvalue weighted by molar-refractivity contribution is 0.392. The molecule has 1 aliphatic heterocycles. The summed E-state index contributed by atoms with van der Waals surface area (Å²) in [7, 11) is 0. The second-order valence-corrected chi connectivity index (χ2v) is 2.40. The number of nitrogens with one attached hydrogen (secondary N) is 1. The second kappa shape index (κ2) is 2.92. The maximum Gasteiger partial charge on any atom is 0.111 e. The third kappa shape index (κ3) is 1.75. The van der Waals surface area contributed by atoms with Crippen LogP contribution in [-0.2, 0) is 0 Å². The zero-order chi connectivity index (χ0) is 6.69. The number of aliphatic hydroxyl groups excluding tert-OH is 1. The smallest absolute Gasteiger partial charge is 0.111 e. The summed E-state index contributed by atoms with van der Waals surface area (Å²) in [4.78, 5) is 0. The molecule has 50 valence electrons. The Morgan fingerprint density at radius 1 is 1.67 bits per heavy atom. The standard InChI is InChI=1S/C6H8BrNO/c7-3-5-1-2-6(9)4-8-5/h1-2,8-9H,3-4H2. The van der Waals surface area contributed by atoms with E-state index in [1.165, 1.54) is 0 Å². The molecule has 1 heterocycles. The Morgan fingerprint density at radius 3 is 2.89 bits per heavy atom. The Labute approximate surface area is 62.4 Å². The van der Waals surface area contributed by atoms with E-state index in [4.69, 9.17) is 5.11 Å². The van der Waals surface area contributed by atoms with Gasteiger partial charge >= 0.3 is 0 Å². The number of allylic oxidation sites excluding steroid dienone is 3. The quantitative estimate of drug-likeness (QED) is 0.611. The molecule has 0 bridgehead atoms. The fraction of sp³-hybridized carbons (Fsp3) is 0.333. The molecule has 0 amide bonds. The van der Waals surface area contributed by atoms with Gasteiger partial charge in [-0.05, 0) is 12.2 Å². The molecular formula is C6H8BrNO. The molecule has 0 saturated heterocycles. The van der Waals surface area contributed by atoms with Crippen LogP contribution in [0.2, 0.25) is 0 Å². The molecule has 0 radical (unpaired) electrons. The van der Waals surface area contributed by atoms with Crippen molar-refractivity contribution in [3.63, 3.8) is 0 Å². The summed E-state index contributed by atoms with van der Waals surface area (Å²) < 4.78 is 0. The van der Waals surface area contributed by atoms with Crippen LogP contribution in [0.15, 0.2) is 23.6 Å². The van der Waals surface area contributed by atoms with Gasteiger partial charge in [-0.15, -0.1) is 0 Å².